The van der Waals surface area contributed by atoms with Crippen LogP contribution in [0.3, 0.4) is 0 Å². The molecule has 1 N–H and O–H groups in total. The number of nitrogens with one attached hydrogen (secondary N) is 1. The fourth-order valence-corrected chi connectivity index (χ4v) is 4.06. The molecule has 5 nitrogen and oxygen atoms in total. The molecular weight excluding hydrogens is 252 g/mol. The molecule has 2 heterocycles. The first-order chi connectivity index (χ1) is 9.79. The third kappa shape index (κ3) is 1.30. The van der Waals surface area contributed by atoms with Crippen LogP contribution >= 0.6 is 0 Å². The minimum atomic E-state index is -0.0732. The summed E-state index contributed by atoms with van der Waals surface area (Å²) in [7, 11) is 0. The summed E-state index contributed by atoms with van der Waals surface area (Å²) in [6.45, 7) is 0. The summed E-state index contributed by atoms with van der Waals surface area (Å²) in [6, 6.07) is 0. The van der Waals surface area contributed by atoms with Gasteiger partial charge in [-0.25, -0.2) is 0 Å². The highest BCUT2D eigenvalue weighted by Gasteiger charge is 2.58. The van der Waals surface area contributed by atoms with E-state index in [0.717, 1.165) is 30.3 Å². The number of aromatic amines is 1. The van der Waals surface area contributed by atoms with E-state index >= 15 is 0 Å². The number of rotatable bonds is 2. The van der Waals surface area contributed by atoms with E-state index in [4.69, 9.17) is 0 Å². The first-order valence-corrected chi connectivity index (χ1v) is 7.79. The summed E-state index contributed by atoms with van der Waals surface area (Å²) in [5.41, 5.74) is 3.06. The average molecular weight is 270 g/mol. The van der Waals surface area contributed by atoms with Crippen LogP contribution in [-0.2, 0) is 18.3 Å². The lowest BCUT2D eigenvalue weighted by Crippen LogP contribution is -2.23. The van der Waals surface area contributed by atoms with Gasteiger partial charge < -0.3 is 4.98 Å². The monoisotopic (exact) mass is 270 g/mol. The van der Waals surface area contributed by atoms with Crippen LogP contribution in [-0.4, -0.2) is 19.6 Å². The molecule has 0 saturated heterocycles. The summed E-state index contributed by atoms with van der Waals surface area (Å²) < 4.78 is 2.12. The number of hydrogen-bond acceptors (Lipinski definition) is 3. The van der Waals surface area contributed by atoms with E-state index < -0.39 is 0 Å². The van der Waals surface area contributed by atoms with Crippen LogP contribution in [0.5, 0.6) is 0 Å². The van der Waals surface area contributed by atoms with E-state index in [1.54, 1.807) is 0 Å². The Morgan fingerprint density at radius 3 is 2.70 bits per heavy atom. The topological polar surface area (TPSA) is 63.0 Å². The molecule has 2 aromatic rings. The van der Waals surface area contributed by atoms with Crippen LogP contribution in [0.15, 0.2) is 4.79 Å². The Balaban J connectivity index is 1.83. The molecule has 0 bridgehead atoms. The number of fused-ring (bicyclic) bond motifs is 3. The van der Waals surface area contributed by atoms with Crippen LogP contribution in [0.1, 0.15) is 55.7 Å². The van der Waals surface area contributed by atoms with Gasteiger partial charge in [0.25, 0.3) is 5.56 Å². The largest absolute Gasteiger partial charge is 0.321 e. The van der Waals surface area contributed by atoms with Gasteiger partial charge in [0.05, 0.1) is 0 Å². The molecule has 2 aromatic heterocycles. The molecule has 104 valence electrons. The summed E-state index contributed by atoms with van der Waals surface area (Å²) >= 11 is 0. The molecule has 2 fully saturated rings. The maximum Gasteiger partial charge on any atom is 0.293 e. The third-order valence-corrected chi connectivity index (χ3v) is 5.43. The zero-order chi connectivity index (χ0) is 13.3. The van der Waals surface area contributed by atoms with E-state index in [2.05, 4.69) is 19.6 Å². The Kier molecular flexibility index (Phi) is 1.94. The van der Waals surface area contributed by atoms with Gasteiger partial charge in [0.2, 0.25) is 5.65 Å². The third-order valence-electron chi connectivity index (χ3n) is 5.43. The predicted molar refractivity (Wildman–Crippen MR) is 73.9 cm³/mol. The lowest BCUT2D eigenvalue weighted by molar-refractivity contribution is 0.539. The van der Waals surface area contributed by atoms with Crippen LogP contribution in [0.4, 0.5) is 0 Å². The molecule has 0 unspecified atom stereocenters. The normalized spacial score (nSPS) is 23.8. The highest BCUT2D eigenvalue weighted by atomic mass is 16.1. The summed E-state index contributed by atoms with van der Waals surface area (Å²) in [5.74, 6) is 1.87. The first-order valence-electron chi connectivity index (χ1n) is 7.79. The van der Waals surface area contributed by atoms with Gasteiger partial charge in [-0.2, -0.15) is 0 Å². The predicted octanol–water partition coefficient (Wildman–Crippen LogP) is 1.74. The maximum absolute atomic E-state index is 12.2. The zero-order valence-electron chi connectivity index (χ0n) is 11.5. The minimum Gasteiger partial charge on any atom is -0.321 e. The van der Waals surface area contributed by atoms with Crippen molar-refractivity contribution in [1.29, 1.82) is 0 Å². The second-order valence-corrected chi connectivity index (χ2v) is 6.70. The zero-order valence-corrected chi connectivity index (χ0v) is 11.5. The fraction of sp³-hybridized carbons (Fsp3) is 0.667. The van der Waals surface area contributed by atoms with Gasteiger partial charge in [-0.15, -0.1) is 10.2 Å². The van der Waals surface area contributed by atoms with E-state index in [1.807, 2.05) is 0 Å². The van der Waals surface area contributed by atoms with Gasteiger partial charge in [-0.05, 0) is 57.3 Å². The number of H-pyrrole nitrogens is 1. The van der Waals surface area contributed by atoms with Gasteiger partial charge in [-0.3, -0.25) is 9.20 Å². The molecule has 0 spiro atoms. The number of hydrogen-bond donors (Lipinski definition) is 1. The van der Waals surface area contributed by atoms with Crippen molar-refractivity contribution in [3.63, 3.8) is 0 Å². The average Bonchev–Trinajstić information content (AvgIpc) is 3.36. The van der Waals surface area contributed by atoms with Crippen molar-refractivity contribution in [2.75, 3.05) is 0 Å². The molecule has 0 amide bonds. The highest BCUT2D eigenvalue weighted by Crippen LogP contribution is 2.61. The number of aryl methyl sites for hydroxylation is 2. The lowest BCUT2D eigenvalue weighted by atomic mass is 9.97. The second-order valence-electron chi connectivity index (χ2n) is 6.70. The lowest BCUT2D eigenvalue weighted by Gasteiger charge is -2.19. The molecule has 5 rings (SSSR count). The Morgan fingerprint density at radius 2 is 1.95 bits per heavy atom. The van der Waals surface area contributed by atoms with Crippen LogP contribution < -0.4 is 5.56 Å². The molecule has 0 atom stereocenters. The van der Waals surface area contributed by atoms with E-state index in [1.165, 1.54) is 44.2 Å². The summed E-state index contributed by atoms with van der Waals surface area (Å²) in [6.07, 6.45) is 9.46. The van der Waals surface area contributed by atoms with Gasteiger partial charge in [-0.1, -0.05) is 0 Å². The fourth-order valence-electron chi connectivity index (χ4n) is 4.06. The molecule has 2 saturated carbocycles. The van der Waals surface area contributed by atoms with Crippen LogP contribution in [0, 0.1) is 5.92 Å². The molecule has 5 heteroatoms. The Bertz CT molecular complexity index is 764. The van der Waals surface area contributed by atoms with Crippen molar-refractivity contribution in [3.05, 3.63) is 27.6 Å². The van der Waals surface area contributed by atoms with Gasteiger partial charge in [0, 0.05) is 16.8 Å². The van der Waals surface area contributed by atoms with Gasteiger partial charge in [0.1, 0.15) is 5.82 Å². The standard InChI is InChI=1S/C15H18N4O/c20-13-12-17-18-14(15(7-8-15)9-5-6-9)19(12)11-4-2-1-3-10(11)16-13/h9H,1-8H2,(H,16,20). The first kappa shape index (κ1) is 11.1. The quantitative estimate of drug-likeness (QED) is 0.904. The molecule has 3 aliphatic rings. The van der Waals surface area contributed by atoms with E-state index in [-0.39, 0.29) is 11.0 Å². The van der Waals surface area contributed by atoms with Crippen LogP contribution in [0.25, 0.3) is 5.65 Å². The van der Waals surface area contributed by atoms with Gasteiger partial charge >= 0.3 is 0 Å². The number of aromatic nitrogens is 4. The van der Waals surface area contributed by atoms with Crippen molar-refractivity contribution >= 4 is 5.65 Å². The van der Waals surface area contributed by atoms with Crippen molar-refractivity contribution in [2.24, 2.45) is 5.92 Å². The second kappa shape index (κ2) is 3.51. The van der Waals surface area contributed by atoms with Gasteiger partial charge in [0.15, 0.2) is 0 Å². The van der Waals surface area contributed by atoms with Crippen molar-refractivity contribution in [2.45, 2.75) is 56.8 Å². The Labute approximate surface area is 116 Å². The Morgan fingerprint density at radius 1 is 1.15 bits per heavy atom. The maximum atomic E-state index is 12.2. The summed E-state index contributed by atoms with van der Waals surface area (Å²) in [4.78, 5) is 15.2. The van der Waals surface area contributed by atoms with Crippen molar-refractivity contribution < 1.29 is 0 Å². The van der Waals surface area contributed by atoms with Crippen molar-refractivity contribution in [3.8, 4) is 0 Å². The smallest absolute Gasteiger partial charge is 0.293 e. The van der Waals surface area contributed by atoms with Crippen LogP contribution in [0.2, 0.25) is 0 Å². The SMILES string of the molecule is O=c1[nH]c2c(n3c(C4(C5CC5)CC4)nnc13)CCCC2. The minimum absolute atomic E-state index is 0.0732. The van der Waals surface area contributed by atoms with E-state index in [9.17, 15) is 4.79 Å². The molecule has 0 aromatic carbocycles. The Hall–Kier alpha value is -1.65. The molecule has 3 aliphatic carbocycles. The highest BCUT2D eigenvalue weighted by molar-refractivity contribution is 5.43. The summed E-state index contributed by atoms with van der Waals surface area (Å²) in [5, 5.41) is 8.66. The molecule has 20 heavy (non-hydrogen) atoms. The molecular formula is C15H18N4O. The van der Waals surface area contributed by atoms with Crippen molar-refractivity contribution in [1.82, 2.24) is 19.6 Å². The molecule has 0 radical (unpaired) electrons. The molecule has 0 aliphatic heterocycles. The number of nitrogens with zero attached hydrogens (tertiary/aromatic N) is 3. The van der Waals surface area contributed by atoms with E-state index in [0.29, 0.717) is 5.65 Å².